The zero-order valence-corrected chi connectivity index (χ0v) is 9.06. The lowest BCUT2D eigenvalue weighted by molar-refractivity contribution is 0.389. The summed E-state index contributed by atoms with van der Waals surface area (Å²) in [4.78, 5) is 13.0. The molecule has 4 nitrogen and oxygen atoms in total. The van der Waals surface area contributed by atoms with Crippen LogP contribution in [0.1, 0.15) is 25.5 Å². The fourth-order valence-electron chi connectivity index (χ4n) is 1.42. The summed E-state index contributed by atoms with van der Waals surface area (Å²) >= 11 is 0. The summed E-state index contributed by atoms with van der Waals surface area (Å²) in [5.41, 5.74) is 2.28. The highest BCUT2D eigenvalue weighted by Gasteiger charge is 2.12. The second kappa shape index (κ2) is 3.81. The van der Waals surface area contributed by atoms with Crippen LogP contribution in [0.4, 0.5) is 0 Å². The number of aromatic nitrogens is 3. The van der Waals surface area contributed by atoms with Crippen LogP contribution in [0, 0.1) is 0 Å². The lowest BCUT2D eigenvalue weighted by Crippen LogP contribution is -2.02. The molecule has 2 heterocycles. The summed E-state index contributed by atoms with van der Waals surface area (Å²) in [6.07, 6.45) is 1.72. The molecule has 0 N–H and O–H groups in total. The van der Waals surface area contributed by atoms with Crippen LogP contribution in [0.2, 0.25) is 0 Å². The molecule has 15 heavy (non-hydrogen) atoms. The molecule has 0 aliphatic carbocycles. The second-order valence-electron chi connectivity index (χ2n) is 3.62. The zero-order chi connectivity index (χ0) is 10.8. The van der Waals surface area contributed by atoms with Gasteiger partial charge in [0.1, 0.15) is 11.2 Å². The number of hydrogen-bond donors (Lipinski definition) is 0. The van der Waals surface area contributed by atoms with Crippen LogP contribution >= 0.6 is 0 Å². The minimum Gasteiger partial charge on any atom is -0.480 e. The first-order valence-electron chi connectivity index (χ1n) is 4.89. The van der Waals surface area contributed by atoms with Gasteiger partial charge in [-0.05, 0) is 12.1 Å². The Balaban J connectivity index is 2.69. The fourth-order valence-corrected chi connectivity index (χ4v) is 1.42. The summed E-state index contributed by atoms with van der Waals surface area (Å²) in [7, 11) is 1.61. The van der Waals surface area contributed by atoms with E-state index in [1.165, 1.54) is 0 Å². The van der Waals surface area contributed by atoms with E-state index in [1.54, 1.807) is 13.3 Å². The normalized spacial score (nSPS) is 10.9. The molecule has 0 aliphatic heterocycles. The van der Waals surface area contributed by atoms with Gasteiger partial charge in [0.05, 0.1) is 7.11 Å². The molecule has 0 unspecified atom stereocenters. The third-order valence-corrected chi connectivity index (χ3v) is 2.17. The Hall–Kier alpha value is -1.71. The first-order valence-corrected chi connectivity index (χ1v) is 4.89. The molecule has 4 heteroatoms. The first-order chi connectivity index (χ1) is 7.22. The van der Waals surface area contributed by atoms with E-state index in [1.807, 2.05) is 12.1 Å². The SMILES string of the molecule is COc1nc2cccnc2nc1C(C)C. The van der Waals surface area contributed by atoms with Gasteiger partial charge in [-0.1, -0.05) is 13.8 Å². The smallest absolute Gasteiger partial charge is 0.236 e. The average Bonchev–Trinajstić information content (AvgIpc) is 2.27. The van der Waals surface area contributed by atoms with E-state index in [2.05, 4.69) is 28.8 Å². The van der Waals surface area contributed by atoms with E-state index in [-0.39, 0.29) is 5.92 Å². The van der Waals surface area contributed by atoms with Gasteiger partial charge in [0.25, 0.3) is 0 Å². The van der Waals surface area contributed by atoms with Crippen LogP contribution in [-0.2, 0) is 0 Å². The molecule has 0 spiro atoms. The van der Waals surface area contributed by atoms with Crippen LogP contribution in [0.15, 0.2) is 18.3 Å². The number of fused-ring (bicyclic) bond motifs is 1. The van der Waals surface area contributed by atoms with Crippen LogP contribution in [0.3, 0.4) is 0 Å². The van der Waals surface area contributed by atoms with Gasteiger partial charge < -0.3 is 4.74 Å². The Morgan fingerprint density at radius 3 is 2.73 bits per heavy atom. The Morgan fingerprint density at radius 2 is 2.07 bits per heavy atom. The maximum absolute atomic E-state index is 5.21. The molecule has 0 saturated carbocycles. The third kappa shape index (κ3) is 1.75. The average molecular weight is 203 g/mol. The summed E-state index contributed by atoms with van der Waals surface area (Å²) in [5.74, 6) is 0.865. The van der Waals surface area contributed by atoms with E-state index in [4.69, 9.17) is 4.74 Å². The van der Waals surface area contributed by atoms with Crippen molar-refractivity contribution in [2.75, 3.05) is 7.11 Å². The molecule has 0 aromatic carbocycles. The number of ether oxygens (including phenoxy) is 1. The van der Waals surface area contributed by atoms with Crippen molar-refractivity contribution < 1.29 is 4.74 Å². The summed E-state index contributed by atoms with van der Waals surface area (Å²) in [6, 6.07) is 3.72. The predicted octanol–water partition coefficient (Wildman–Crippen LogP) is 2.16. The van der Waals surface area contributed by atoms with Gasteiger partial charge in [0.2, 0.25) is 5.88 Å². The van der Waals surface area contributed by atoms with Gasteiger partial charge in [0.15, 0.2) is 5.65 Å². The lowest BCUT2D eigenvalue weighted by Gasteiger charge is -2.09. The molecule has 2 rings (SSSR count). The molecule has 0 atom stereocenters. The van der Waals surface area contributed by atoms with Crippen LogP contribution in [0.5, 0.6) is 5.88 Å². The van der Waals surface area contributed by atoms with Gasteiger partial charge in [0, 0.05) is 12.1 Å². The van der Waals surface area contributed by atoms with E-state index in [9.17, 15) is 0 Å². The van der Waals surface area contributed by atoms with Crippen molar-refractivity contribution in [1.29, 1.82) is 0 Å². The highest BCUT2D eigenvalue weighted by Crippen LogP contribution is 2.23. The molecule has 78 valence electrons. The van der Waals surface area contributed by atoms with Crippen molar-refractivity contribution >= 4 is 11.2 Å². The zero-order valence-electron chi connectivity index (χ0n) is 9.06. The Bertz CT molecular complexity index is 482. The maximum atomic E-state index is 5.21. The molecule has 2 aromatic rings. The number of nitrogens with zero attached hydrogens (tertiary/aromatic N) is 3. The van der Waals surface area contributed by atoms with E-state index < -0.39 is 0 Å². The van der Waals surface area contributed by atoms with Crippen LogP contribution in [-0.4, -0.2) is 22.1 Å². The molecule has 2 aromatic heterocycles. The van der Waals surface area contributed by atoms with Gasteiger partial charge in [-0.3, -0.25) is 0 Å². The first kappa shape index (κ1) is 9.83. The monoisotopic (exact) mass is 203 g/mol. The summed E-state index contributed by atoms with van der Waals surface area (Å²) in [6.45, 7) is 4.11. The van der Waals surface area contributed by atoms with Crippen molar-refractivity contribution in [3.05, 3.63) is 24.0 Å². The minimum atomic E-state index is 0.277. The molecule has 0 radical (unpaired) electrons. The molecule has 0 fully saturated rings. The molecule has 0 bridgehead atoms. The Kier molecular flexibility index (Phi) is 2.49. The topological polar surface area (TPSA) is 47.9 Å². The van der Waals surface area contributed by atoms with Crippen LogP contribution in [0.25, 0.3) is 11.2 Å². The van der Waals surface area contributed by atoms with Gasteiger partial charge in [-0.15, -0.1) is 0 Å². The number of pyridine rings is 1. The molecule has 0 saturated heterocycles. The summed E-state index contributed by atoms with van der Waals surface area (Å²) < 4.78 is 5.21. The molecule has 0 aliphatic rings. The molecular formula is C11H13N3O. The summed E-state index contributed by atoms with van der Waals surface area (Å²) in [5, 5.41) is 0. The van der Waals surface area contributed by atoms with Crippen molar-refractivity contribution in [2.24, 2.45) is 0 Å². The van der Waals surface area contributed by atoms with Crippen molar-refractivity contribution in [2.45, 2.75) is 19.8 Å². The highest BCUT2D eigenvalue weighted by molar-refractivity contribution is 5.70. The highest BCUT2D eigenvalue weighted by atomic mass is 16.5. The van der Waals surface area contributed by atoms with Gasteiger partial charge >= 0.3 is 0 Å². The molecule has 0 amide bonds. The van der Waals surface area contributed by atoms with Crippen molar-refractivity contribution in [3.63, 3.8) is 0 Å². The van der Waals surface area contributed by atoms with E-state index in [0.29, 0.717) is 11.5 Å². The number of rotatable bonds is 2. The minimum absolute atomic E-state index is 0.277. The van der Waals surface area contributed by atoms with Gasteiger partial charge in [-0.25, -0.2) is 15.0 Å². The number of methoxy groups -OCH3 is 1. The lowest BCUT2D eigenvalue weighted by atomic mass is 10.1. The number of hydrogen-bond acceptors (Lipinski definition) is 4. The van der Waals surface area contributed by atoms with Crippen molar-refractivity contribution in [3.8, 4) is 5.88 Å². The maximum Gasteiger partial charge on any atom is 0.236 e. The van der Waals surface area contributed by atoms with E-state index in [0.717, 1.165) is 11.2 Å². The van der Waals surface area contributed by atoms with Gasteiger partial charge in [-0.2, -0.15) is 0 Å². The third-order valence-electron chi connectivity index (χ3n) is 2.17. The van der Waals surface area contributed by atoms with Crippen LogP contribution < -0.4 is 4.74 Å². The second-order valence-corrected chi connectivity index (χ2v) is 3.62. The fraction of sp³-hybridized carbons (Fsp3) is 0.364. The van der Waals surface area contributed by atoms with Crippen molar-refractivity contribution in [1.82, 2.24) is 15.0 Å². The largest absolute Gasteiger partial charge is 0.480 e. The predicted molar refractivity (Wildman–Crippen MR) is 58.0 cm³/mol. The molecular weight excluding hydrogens is 190 g/mol. The Morgan fingerprint density at radius 1 is 1.27 bits per heavy atom. The Labute approximate surface area is 88.3 Å². The quantitative estimate of drug-likeness (QED) is 0.750. The van der Waals surface area contributed by atoms with E-state index >= 15 is 0 Å². The standard InChI is InChI=1S/C11H13N3O/c1-7(2)9-11(15-3)13-8-5-4-6-12-10(8)14-9/h4-7H,1-3H3.